The highest BCUT2D eigenvalue weighted by Crippen LogP contribution is 2.34. The van der Waals surface area contributed by atoms with Gasteiger partial charge in [0.1, 0.15) is 23.4 Å². The Labute approximate surface area is 137 Å². The lowest BCUT2D eigenvalue weighted by Gasteiger charge is -2.21. The zero-order chi connectivity index (χ0) is 16.0. The normalized spacial score (nSPS) is 28.0. The van der Waals surface area contributed by atoms with Gasteiger partial charge in [-0.15, -0.1) is 0 Å². The molecule has 4 rings (SSSR count). The summed E-state index contributed by atoms with van der Waals surface area (Å²) in [5.41, 5.74) is 0.739. The maximum atomic E-state index is 13.3. The van der Waals surface area contributed by atoms with Crippen LogP contribution in [0.25, 0.3) is 11.0 Å². The minimum Gasteiger partial charge on any atom is -0.353 e. The first-order chi connectivity index (χ1) is 11.0. The Morgan fingerprint density at radius 3 is 3.00 bits per heavy atom. The van der Waals surface area contributed by atoms with Crippen LogP contribution in [0.15, 0.2) is 18.6 Å². The summed E-state index contributed by atoms with van der Waals surface area (Å²) in [6, 6.07) is 1.87. The second kappa shape index (κ2) is 5.65. The van der Waals surface area contributed by atoms with Gasteiger partial charge in [-0.2, -0.15) is 0 Å². The van der Waals surface area contributed by atoms with Crippen LogP contribution in [-0.2, 0) is 4.74 Å². The summed E-state index contributed by atoms with van der Waals surface area (Å²) in [6.07, 6.45) is 4.80. The maximum absolute atomic E-state index is 13.3. The van der Waals surface area contributed by atoms with Gasteiger partial charge in [0.25, 0.3) is 5.92 Å². The molecule has 0 saturated carbocycles. The number of nitrogens with zero attached hydrogens (tertiary/aromatic N) is 4. The van der Waals surface area contributed by atoms with E-state index in [2.05, 4.69) is 9.97 Å². The van der Waals surface area contributed by atoms with Crippen LogP contribution in [0, 0.1) is 0 Å². The summed E-state index contributed by atoms with van der Waals surface area (Å²) < 4.78 is 34.5. The third-order valence-electron chi connectivity index (χ3n) is 4.57. The van der Waals surface area contributed by atoms with Crippen molar-refractivity contribution in [1.82, 2.24) is 19.4 Å². The van der Waals surface area contributed by atoms with E-state index in [0.717, 1.165) is 23.9 Å². The van der Waals surface area contributed by atoms with Gasteiger partial charge in [-0.3, -0.25) is 4.90 Å². The molecule has 4 heterocycles. The van der Waals surface area contributed by atoms with Crippen molar-refractivity contribution in [2.24, 2.45) is 0 Å². The standard InChI is InChI=1S/C15H17ClF2N4O/c16-13-11-3-5-22(14(11)20-9-19-13)12-2-1-10(23-12)7-21-6-4-15(17,18)8-21/h3,5,9-10,12H,1-2,4,6-8H2. The lowest BCUT2D eigenvalue weighted by molar-refractivity contribution is -0.0199. The van der Waals surface area contributed by atoms with Crippen molar-refractivity contribution in [3.63, 3.8) is 0 Å². The fraction of sp³-hybridized carbons (Fsp3) is 0.600. The third kappa shape index (κ3) is 2.93. The molecule has 0 aromatic carbocycles. The van der Waals surface area contributed by atoms with E-state index >= 15 is 0 Å². The van der Waals surface area contributed by atoms with Gasteiger partial charge in [-0.1, -0.05) is 11.6 Å². The quantitative estimate of drug-likeness (QED) is 0.804. The topological polar surface area (TPSA) is 43.2 Å². The number of likely N-dealkylation sites (tertiary alicyclic amines) is 1. The van der Waals surface area contributed by atoms with Gasteiger partial charge in [0.05, 0.1) is 18.0 Å². The van der Waals surface area contributed by atoms with Crippen LogP contribution in [0.2, 0.25) is 5.15 Å². The summed E-state index contributed by atoms with van der Waals surface area (Å²) in [4.78, 5) is 10.0. The first-order valence-electron chi connectivity index (χ1n) is 7.74. The highest BCUT2D eigenvalue weighted by molar-refractivity contribution is 6.33. The van der Waals surface area contributed by atoms with Crippen molar-refractivity contribution in [2.75, 3.05) is 19.6 Å². The van der Waals surface area contributed by atoms with Gasteiger partial charge < -0.3 is 9.30 Å². The summed E-state index contributed by atoms with van der Waals surface area (Å²) in [5, 5.41) is 1.21. The molecular weight excluding hydrogens is 326 g/mol. The van der Waals surface area contributed by atoms with Crippen LogP contribution in [-0.4, -0.2) is 51.1 Å². The van der Waals surface area contributed by atoms with E-state index in [1.54, 1.807) is 4.90 Å². The monoisotopic (exact) mass is 342 g/mol. The second-order valence-corrected chi connectivity index (χ2v) is 6.61. The molecule has 23 heavy (non-hydrogen) atoms. The average molecular weight is 343 g/mol. The van der Waals surface area contributed by atoms with Gasteiger partial charge in [0.15, 0.2) is 0 Å². The second-order valence-electron chi connectivity index (χ2n) is 6.26. The van der Waals surface area contributed by atoms with Crippen molar-refractivity contribution in [3.05, 3.63) is 23.7 Å². The van der Waals surface area contributed by atoms with Gasteiger partial charge >= 0.3 is 0 Å². The predicted octanol–water partition coefficient (Wildman–Crippen LogP) is 3.10. The Hall–Kier alpha value is -1.31. The third-order valence-corrected chi connectivity index (χ3v) is 4.87. The molecule has 124 valence electrons. The number of fused-ring (bicyclic) bond motifs is 1. The molecular formula is C15H17ClF2N4O. The first kappa shape index (κ1) is 15.2. The molecule has 0 spiro atoms. The van der Waals surface area contributed by atoms with Crippen LogP contribution in [0.5, 0.6) is 0 Å². The molecule has 2 saturated heterocycles. The highest BCUT2D eigenvalue weighted by Gasteiger charge is 2.40. The van der Waals surface area contributed by atoms with E-state index < -0.39 is 5.92 Å². The molecule has 2 aliphatic rings. The zero-order valence-electron chi connectivity index (χ0n) is 12.5. The largest absolute Gasteiger partial charge is 0.353 e. The SMILES string of the molecule is FC1(F)CCN(CC2CCC(n3ccc4c(Cl)ncnc43)O2)C1. The minimum atomic E-state index is -2.55. The zero-order valence-corrected chi connectivity index (χ0v) is 13.2. The number of ether oxygens (including phenoxy) is 1. The summed E-state index contributed by atoms with van der Waals surface area (Å²) >= 11 is 6.06. The Morgan fingerprint density at radius 2 is 2.22 bits per heavy atom. The van der Waals surface area contributed by atoms with Crippen LogP contribution in [0.1, 0.15) is 25.5 Å². The van der Waals surface area contributed by atoms with E-state index in [1.807, 2.05) is 16.8 Å². The minimum absolute atomic E-state index is 0.0244. The first-order valence-corrected chi connectivity index (χ1v) is 8.12. The molecule has 0 bridgehead atoms. The van der Waals surface area contributed by atoms with E-state index in [-0.39, 0.29) is 25.3 Å². The predicted molar refractivity (Wildman–Crippen MR) is 81.7 cm³/mol. The van der Waals surface area contributed by atoms with Crippen LogP contribution >= 0.6 is 11.6 Å². The summed E-state index contributed by atoms with van der Waals surface area (Å²) in [5.74, 6) is -2.55. The van der Waals surface area contributed by atoms with Gasteiger partial charge in [-0.25, -0.2) is 18.7 Å². The maximum Gasteiger partial charge on any atom is 0.261 e. The molecule has 2 atom stereocenters. The fourth-order valence-electron chi connectivity index (χ4n) is 3.45. The fourth-order valence-corrected chi connectivity index (χ4v) is 3.64. The number of rotatable bonds is 3. The number of hydrogen-bond acceptors (Lipinski definition) is 4. The van der Waals surface area contributed by atoms with E-state index in [1.165, 1.54) is 6.33 Å². The molecule has 2 unspecified atom stereocenters. The average Bonchev–Trinajstić information content (AvgIpc) is 3.18. The molecule has 5 nitrogen and oxygen atoms in total. The molecule has 2 aromatic rings. The molecule has 0 N–H and O–H groups in total. The van der Waals surface area contributed by atoms with Crippen molar-refractivity contribution < 1.29 is 13.5 Å². The van der Waals surface area contributed by atoms with Crippen molar-refractivity contribution in [3.8, 4) is 0 Å². The van der Waals surface area contributed by atoms with Crippen LogP contribution in [0.3, 0.4) is 0 Å². The highest BCUT2D eigenvalue weighted by atomic mass is 35.5. The molecule has 2 fully saturated rings. The number of hydrogen-bond donors (Lipinski definition) is 0. The lowest BCUT2D eigenvalue weighted by Crippen LogP contribution is -2.32. The molecule has 0 radical (unpaired) electrons. The van der Waals surface area contributed by atoms with Crippen molar-refractivity contribution in [1.29, 1.82) is 0 Å². The molecule has 2 aromatic heterocycles. The van der Waals surface area contributed by atoms with Crippen molar-refractivity contribution in [2.45, 2.75) is 37.5 Å². The van der Waals surface area contributed by atoms with Gasteiger partial charge in [0.2, 0.25) is 0 Å². The van der Waals surface area contributed by atoms with Crippen LogP contribution < -0.4 is 0 Å². The van der Waals surface area contributed by atoms with Gasteiger partial charge in [0, 0.05) is 25.7 Å². The smallest absolute Gasteiger partial charge is 0.261 e. The Morgan fingerprint density at radius 1 is 1.35 bits per heavy atom. The van der Waals surface area contributed by atoms with Crippen molar-refractivity contribution >= 4 is 22.6 Å². The Bertz CT molecular complexity index is 723. The van der Waals surface area contributed by atoms with E-state index in [9.17, 15) is 8.78 Å². The molecule has 0 aliphatic carbocycles. The lowest BCUT2D eigenvalue weighted by atomic mass is 10.2. The van der Waals surface area contributed by atoms with Gasteiger partial charge in [-0.05, 0) is 18.9 Å². The molecule has 8 heteroatoms. The molecule has 2 aliphatic heterocycles. The molecule has 0 amide bonds. The summed E-state index contributed by atoms with van der Waals surface area (Å²) in [7, 11) is 0. The summed E-state index contributed by atoms with van der Waals surface area (Å²) in [6.45, 7) is 0.834. The van der Waals surface area contributed by atoms with Crippen LogP contribution in [0.4, 0.5) is 8.78 Å². The van der Waals surface area contributed by atoms with E-state index in [4.69, 9.17) is 16.3 Å². The number of halogens is 3. The van der Waals surface area contributed by atoms with E-state index in [0.29, 0.717) is 18.2 Å². The number of alkyl halides is 2. The number of aromatic nitrogens is 3. The Kier molecular flexibility index (Phi) is 3.74. The Balaban J connectivity index is 1.45.